The minimum atomic E-state index is -0.970. The highest BCUT2D eigenvalue weighted by atomic mass is 16.5. The molecule has 3 N–H and O–H groups in total. The van der Waals surface area contributed by atoms with Crippen molar-refractivity contribution < 1.29 is 29.0 Å². The molecule has 0 radical (unpaired) electrons. The first-order valence-corrected chi connectivity index (χ1v) is 11.7. The number of carboxylic acid groups (broad SMARTS) is 1. The molecule has 180 valence electrons. The Morgan fingerprint density at radius 1 is 1.06 bits per heavy atom. The molecule has 2 amide bonds. The third kappa shape index (κ3) is 5.56. The van der Waals surface area contributed by atoms with Crippen LogP contribution in [0.4, 0.5) is 4.79 Å². The predicted molar refractivity (Wildman–Crippen MR) is 125 cm³/mol. The van der Waals surface area contributed by atoms with Crippen molar-refractivity contribution in [1.29, 1.82) is 0 Å². The van der Waals surface area contributed by atoms with Crippen LogP contribution in [-0.2, 0) is 19.1 Å². The van der Waals surface area contributed by atoms with Crippen molar-refractivity contribution in [3.05, 3.63) is 59.7 Å². The third-order valence-corrected chi connectivity index (χ3v) is 6.42. The number of hydrogen-bond donors (Lipinski definition) is 3. The highest BCUT2D eigenvalue weighted by Crippen LogP contribution is 2.44. The van der Waals surface area contributed by atoms with Gasteiger partial charge < -0.3 is 25.2 Å². The van der Waals surface area contributed by atoms with Gasteiger partial charge in [-0.2, -0.15) is 0 Å². The Balaban J connectivity index is 1.18. The molecule has 1 aliphatic carbocycles. The van der Waals surface area contributed by atoms with Gasteiger partial charge >= 0.3 is 12.1 Å². The molecule has 0 aromatic heterocycles. The number of fused-ring (bicyclic) bond motifs is 3. The summed E-state index contributed by atoms with van der Waals surface area (Å²) in [6, 6.07) is 16.1. The Labute approximate surface area is 198 Å². The molecule has 8 heteroatoms. The number of ether oxygens (including phenoxy) is 2. The van der Waals surface area contributed by atoms with E-state index in [-0.39, 0.29) is 43.5 Å². The maximum Gasteiger partial charge on any atom is 0.407 e. The predicted octanol–water partition coefficient (Wildman–Crippen LogP) is 3.44. The lowest BCUT2D eigenvalue weighted by molar-refractivity contribution is -0.149. The summed E-state index contributed by atoms with van der Waals surface area (Å²) >= 11 is 0. The van der Waals surface area contributed by atoms with Crippen molar-refractivity contribution in [2.24, 2.45) is 0 Å². The van der Waals surface area contributed by atoms with E-state index in [0.717, 1.165) is 11.1 Å². The number of carbonyl (C=O) groups excluding carboxylic acids is 2. The van der Waals surface area contributed by atoms with E-state index in [1.54, 1.807) is 0 Å². The van der Waals surface area contributed by atoms with Crippen molar-refractivity contribution in [1.82, 2.24) is 10.6 Å². The molecule has 3 atom stereocenters. The number of benzene rings is 2. The largest absolute Gasteiger partial charge is 0.479 e. The summed E-state index contributed by atoms with van der Waals surface area (Å²) in [7, 11) is 0. The van der Waals surface area contributed by atoms with Crippen LogP contribution in [0, 0.1) is 0 Å². The Bertz CT molecular complexity index is 1010. The molecule has 0 saturated carbocycles. The topological polar surface area (TPSA) is 114 Å². The van der Waals surface area contributed by atoms with Crippen molar-refractivity contribution >= 4 is 18.0 Å². The van der Waals surface area contributed by atoms with Gasteiger partial charge in [-0.3, -0.25) is 4.79 Å². The van der Waals surface area contributed by atoms with Crippen LogP contribution in [-0.4, -0.2) is 54.5 Å². The van der Waals surface area contributed by atoms with E-state index in [1.165, 1.54) is 11.1 Å². The summed E-state index contributed by atoms with van der Waals surface area (Å²) in [4.78, 5) is 35.4. The second-order valence-corrected chi connectivity index (χ2v) is 8.88. The molecule has 4 rings (SSSR count). The average molecular weight is 467 g/mol. The van der Waals surface area contributed by atoms with Gasteiger partial charge in [0, 0.05) is 24.9 Å². The van der Waals surface area contributed by atoms with Crippen LogP contribution in [0.5, 0.6) is 0 Å². The van der Waals surface area contributed by atoms with Crippen LogP contribution >= 0.6 is 0 Å². The fourth-order valence-electron chi connectivity index (χ4n) is 4.61. The molecule has 1 heterocycles. The smallest absolute Gasteiger partial charge is 0.407 e. The summed E-state index contributed by atoms with van der Waals surface area (Å²) in [5.74, 6) is -1.14. The van der Waals surface area contributed by atoms with Gasteiger partial charge in [0.05, 0.1) is 6.10 Å². The molecule has 3 unspecified atom stereocenters. The van der Waals surface area contributed by atoms with Gasteiger partial charge in [-0.1, -0.05) is 48.5 Å². The van der Waals surface area contributed by atoms with E-state index in [2.05, 4.69) is 34.9 Å². The van der Waals surface area contributed by atoms with Crippen molar-refractivity contribution in [2.45, 2.75) is 56.8 Å². The third-order valence-electron chi connectivity index (χ3n) is 6.42. The minimum Gasteiger partial charge on any atom is -0.479 e. The zero-order chi connectivity index (χ0) is 24.1. The Kier molecular flexibility index (Phi) is 7.47. The van der Waals surface area contributed by atoms with Crippen molar-refractivity contribution in [3.8, 4) is 11.1 Å². The highest BCUT2D eigenvalue weighted by molar-refractivity contribution is 5.79. The molecule has 2 aromatic rings. The van der Waals surface area contributed by atoms with Crippen LogP contribution in [0.1, 0.15) is 49.7 Å². The van der Waals surface area contributed by atoms with Gasteiger partial charge in [-0.15, -0.1) is 0 Å². The van der Waals surface area contributed by atoms with E-state index in [9.17, 15) is 14.4 Å². The first kappa shape index (κ1) is 23.8. The Hall–Kier alpha value is -3.39. The number of carboxylic acids is 1. The molecule has 34 heavy (non-hydrogen) atoms. The molecular formula is C26H30N2O6. The second kappa shape index (κ2) is 10.7. The summed E-state index contributed by atoms with van der Waals surface area (Å²) in [6.07, 6.45) is 0.186. The second-order valence-electron chi connectivity index (χ2n) is 8.88. The van der Waals surface area contributed by atoms with Gasteiger partial charge in [0.1, 0.15) is 6.61 Å². The summed E-state index contributed by atoms with van der Waals surface area (Å²) in [6.45, 7) is 2.36. The SMILES string of the molecule is CC(CCC(=O)NCC1CCC(C(=O)O)O1)NC(=O)OCC1c2ccccc2-c2ccccc21. The maximum absolute atomic E-state index is 12.4. The number of carbonyl (C=O) groups is 3. The number of hydrogen-bond acceptors (Lipinski definition) is 5. The van der Waals surface area contributed by atoms with Crippen molar-refractivity contribution in [2.75, 3.05) is 13.2 Å². The average Bonchev–Trinajstić information content (AvgIpc) is 3.43. The first-order chi connectivity index (χ1) is 16.4. The number of alkyl carbamates (subject to hydrolysis) is 1. The number of amides is 2. The van der Waals surface area contributed by atoms with Gasteiger partial charge in [-0.05, 0) is 48.4 Å². The fraction of sp³-hybridized carbons (Fsp3) is 0.423. The molecule has 0 bridgehead atoms. The molecular weight excluding hydrogens is 436 g/mol. The summed E-state index contributed by atoms with van der Waals surface area (Å²) < 4.78 is 10.9. The quantitative estimate of drug-likeness (QED) is 0.522. The molecule has 1 aliphatic heterocycles. The monoisotopic (exact) mass is 466 g/mol. The zero-order valence-electron chi connectivity index (χ0n) is 19.2. The lowest BCUT2D eigenvalue weighted by atomic mass is 9.98. The summed E-state index contributed by atoms with van der Waals surface area (Å²) in [5, 5.41) is 14.5. The minimum absolute atomic E-state index is 0.00207. The number of aliphatic carboxylic acids is 1. The summed E-state index contributed by atoms with van der Waals surface area (Å²) in [5.41, 5.74) is 4.66. The number of rotatable bonds is 9. The number of nitrogens with one attached hydrogen (secondary N) is 2. The molecule has 1 fully saturated rings. The van der Waals surface area contributed by atoms with E-state index < -0.39 is 18.2 Å². The molecule has 2 aliphatic rings. The van der Waals surface area contributed by atoms with Gasteiger partial charge in [0.25, 0.3) is 0 Å². The van der Waals surface area contributed by atoms with E-state index in [0.29, 0.717) is 19.3 Å². The van der Waals surface area contributed by atoms with E-state index in [1.807, 2.05) is 31.2 Å². The molecule has 1 saturated heterocycles. The van der Waals surface area contributed by atoms with Crippen LogP contribution in [0.3, 0.4) is 0 Å². The van der Waals surface area contributed by atoms with Gasteiger partial charge in [0.2, 0.25) is 5.91 Å². The van der Waals surface area contributed by atoms with E-state index in [4.69, 9.17) is 14.6 Å². The molecule has 8 nitrogen and oxygen atoms in total. The fourth-order valence-corrected chi connectivity index (χ4v) is 4.61. The van der Waals surface area contributed by atoms with Gasteiger partial charge in [-0.25, -0.2) is 9.59 Å². The Morgan fingerprint density at radius 3 is 2.32 bits per heavy atom. The first-order valence-electron chi connectivity index (χ1n) is 11.7. The lowest BCUT2D eigenvalue weighted by Crippen LogP contribution is -2.36. The highest BCUT2D eigenvalue weighted by Gasteiger charge is 2.31. The zero-order valence-corrected chi connectivity index (χ0v) is 19.2. The lowest BCUT2D eigenvalue weighted by Gasteiger charge is -2.17. The van der Waals surface area contributed by atoms with Crippen LogP contribution in [0.2, 0.25) is 0 Å². The van der Waals surface area contributed by atoms with Crippen LogP contribution < -0.4 is 10.6 Å². The molecule has 2 aromatic carbocycles. The van der Waals surface area contributed by atoms with Crippen LogP contribution in [0.25, 0.3) is 11.1 Å². The van der Waals surface area contributed by atoms with Crippen molar-refractivity contribution in [3.63, 3.8) is 0 Å². The normalized spacial score (nSPS) is 19.7. The standard InChI is InChI=1S/C26H30N2O6/c1-16(10-13-24(29)27-14-17-11-12-23(34-17)25(30)31)28-26(32)33-15-22-20-8-4-2-6-18(20)19-7-3-5-9-21(19)22/h2-9,16-17,22-23H,10-15H2,1H3,(H,27,29)(H,28,32)(H,30,31). The van der Waals surface area contributed by atoms with E-state index >= 15 is 0 Å². The van der Waals surface area contributed by atoms with Crippen LogP contribution in [0.15, 0.2) is 48.5 Å². The van der Waals surface area contributed by atoms with Gasteiger partial charge in [0.15, 0.2) is 6.10 Å². The maximum atomic E-state index is 12.4. The Morgan fingerprint density at radius 2 is 1.71 bits per heavy atom. The molecule has 0 spiro atoms.